The van der Waals surface area contributed by atoms with Gasteiger partial charge in [0.05, 0.1) is 11.1 Å². The smallest absolute Gasteiger partial charge is 0.261 e. The Kier molecular flexibility index (Phi) is 14.8. The van der Waals surface area contributed by atoms with Crippen molar-refractivity contribution >= 4 is 11.8 Å². The number of nitrogens with one attached hydrogen (secondary N) is 1. The topological polar surface area (TPSA) is 49.4 Å². The number of amides is 2. The van der Waals surface area contributed by atoms with Gasteiger partial charge in [-0.05, 0) is 38.1 Å². The fourth-order valence-corrected chi connectivity index (χ4v) is 4.73. The molecular weight excluding hydrogens is 408 g/mol. The Morgan fingerprint density at radius 3 is 1.42 bits per heavy atom. The zero-order chi connectivity index (χ0) is 23.6. The second-order valence-corrected chi connectivity index (χ2v) is 9.71. The van der Waals surface area contributed by atoms with Gasteiger partial charge < -0.3 is 5.32 Å². The van der Waals surface area contributed by atoms with Gasteiger partial charge in [-0.1, -0.05) is 115 Å². The van der Waals surface area contributed by atoms with E-state index in [0.717, 1.165) is 19.5 Å². The van der Waals surface area contributed by atoms with Crippen molar-refractivity contribution in [2.75, 3.05) is 19.6 Å². The van der Waals surface area contributed by atoms with Crippen molar-refractivity contribution in [3.05, 3.63) is 35.4 Å². The third kappa shape index (κ3) is 10.9. The third-order valence-corrected chi connectivity index (χ3v) is 6.82. The number of benzene rings is 1. The lowest BCUT2D eigenvalue weighted by Gasteiger charge is -2.13. The third-order valence-electron chi connectivity index (χ3n) is 6.82. The van der Waals surface area contributed by atoms with Crippen LogP contribution in [-0.4, -0.2) is 36.3 Å². The predicted octanol–water partition coefficient (Wildman–Crippen LogP) is 7.52. The normalized spacial score (nSPS) is 13.2. The van der Waals surface area contributed by atoms with Gasteiger partial charge in [-0.3, -0.25) is 14.5 Å². The highest BCUT2D eigenvalue weighted by molar-refractivity contribution is 6.21. The second kappa shape index (κ2) is 17.8. The van der Waals surface area contributed by atoms with E-state index in [4.69, 9.17) is 0 Å². The van der Waals surface area contributed by atoms with E-state index in [-0.39, 0.29) is 11.8 Å². The summed E-state index contributed by atoms with van der Waals surface area (Å²) in [5.74, 6) is -0.290. The fraction of sp³-hybridized carbons (Fsp3) is 0.724. The van der Waals surface area contributed by atoms with E-state index in [2.05, 4.69) is 12.2 Å². The molecule has 1 aromatic carbocycles. The molecule has 186 valence electrons. The summed E-state index contributed by atoms with van der Waals surface area (Å²) in [4.78, 5) is 26.0. The molecule has 0 aromatic heterocycles. The zero-order valence-corrected chi connectivity index (χ0v) is 21.2. The standard InChI is InChI=1S/C29H48N2O2/c1-2-3-4-5-6-7-8-9-10-11-12-13-14-15-16-19-23-30-24-20-25-31-28(32)26-21-17-18-22-27(26)29(31)33/h17-18,21-22,30H,2-16,19-20,23-25H2,1H3. The molecule has 1 N–H and O–H groups in total. The number of fused-ring (bicyclic) bond motifs is 1. The molecule has 0 fully saturated rings. The average molecular weight is 457 g/mol. The van der Waals surface area contributed by atoms with Gasteiger partial charge in [-0.15, -0.1) is 0 Å². The first-order valence-electron chi connectivity index (χ1n) is 13.9. The Bertz CT molecular complexity index is 638. The number of carbonyl (C=O) groups is 2. The maximum atomic E-state index is 12.3. The van der Waals surface area contributed by atoms with Crippen molar-refractivity contribution in [3.63, 3.8) is 0 Å². The molecule has 0 bridgehead atoms. The summed E-state index contributed by atoms with van der Waals surface area (Å²) in [6, 6.07) is 7.11. The minimum Gasteiger partial charge on any atom is -0.317 e. The molecule has 0 unspecified atom stereocenters. The van der Waals surface area contributed by atoms with Crippen LogP contribution >= 0.6 is 0 Å². The Balaban J connectivity index is 1.30. The van der Waals surface area contributed by atoms with Gasteiger partial charge in [0.25, 0.3) is 11.8 Å². The maximum Gasteiger partial charge on any atom is 0.261 e. The Morgan fingerprint density at radius 1 is 0.576 bits per heavy atom. The monoisotopic (exact) mass is 456 g/mol. The van der Waals surface area contributed by atoms with Crippen molar-refractivity contribution < 1.29 is 9.59 Å². The molecule has 33 heavy (non-hydrogen) atoms. The molecule has 0 atom stereocenters. The molecule has 2 rings (SSSR count). The van der Waals surface area contributed by atoms with Crippen molar-refractivity contribution in [2.45, 2.75) is 116 Å². The minimum atomic E-state index is -0.145. The largest absolute Gasteiger partial charge is 0.317 e. The number of rotatable bonds is 21. The van der Waals surface area contributed by atoms with Gasteiger partial charge in [0.2, 0.25) is 0 Å². The van der Waals surface area contributed by atoms with Crippen LogP contribution in [0.4, 0.5) is 0 Å². The van der Waals surface area contributed by atoms with E-state index in [1.165, 1.54) is 108 Å². The average Bonchev–Trinajstić information content (AvgIpc) is 3.07. The number of carbonyl (C=O) groups excluding carboxylic acids is 2. The summed E-state index contributed by atoms with van der Waals surface area (Å²) in [7, 11) is 0. The first-order chi connectivity index (χ1) is 16.3. The van der Waals surface area contributed by atoms with Crippen molar-refractivity contribution in [1.29, 1.82) is 0 Å². The molecule has 0 aliphatic carbocycles. The van der Waals surface area contributed by atoms with Gasteiger partial charge in [-0.2, -0.15) is 0 Å². The van der Waals surface area contributed by atoms with Gasteiger partial charge in [0.15, 0.2) is 0 Å². The number of hydrogen-bond donors (Lipinski definition) is 1. The summed E-state index contributed by atoms with van der Waals surface area (Å²) in [5, 5.41) is 3.46. The summed E-state index contributed by atoms with van der Waals surface area (Å²) in [5.41, 5.74) is 1.09. The van der Waals surface area contributed by atoms with Crippen LogP contribution in [0.1, 0.15) is 137 Å². The van der Waals surface area contributed by atoms with Crippen LogP contribution in [0.25, 0.3) is 0 Å². The van der Waals surface area contributed by atoms with Crippen LogP contribution in [0.15, 0.2) is 24.3 Å². The van der Waals surface area contributed by atoms with Crippen LogP contribution in [0, 0.1) is 0 Å². The van der Waals surface area contributed by atoms with Crippen LogP contribution < -0.4 is 5.32 Å². The fourth-order valence-electron chi connectivity index (χ4n) is 4.73. The van der Waals surface area contributed by atoms with E-state index in [1.54, 1.807) is 12.1 Å². The summed E-state index contributed by atoms with van der Waals surface area (Å²) in [6.07, 6.45) is 23.1. The van der Waals surface area contributed by atoms with Crippen molar-refractivity contribution in [2.24, 2.45) is 0 Å². The quantitative estimate of drug-likeness (QED) is 0.154. The number of nitrogens with zero attached hydrogens (tertiary/aromatic N) is 1. The molecule has 1 aliphatic rings. The first-order valence-corrected chi connectivity index (χ1v) is 13.9. The van der Waals surface area contributed by atoms with E-state index in [9.17, 15) is 9.59 Å². The predicted molar refractivity (Wildman–Crippen MR) is 139 cm³/mol. The van der Waals surface area contributed by atoms with E-state index < -0.39 is 0 Å². The lowest BCUT2D eigenvalue weighted by molar-refractivity contribution is 0.0652. The molecule has 4 nitrogen and oxygen atoms in total. The molecular formula is C29H48N2O2. The molecule has 0 spiro atoms. The van der Waals surface area contributed by atoms with E-state index in [1.807, 2.05) is 12.1 Å². The Morgan fingerprint density at radius 2 is 0.970 bits per heavy atom. The molecule has 1 aromatic rings. The molecule has 1 heterocycles. The number of hydrogen-bond acceptors (Lipinski definition) is 3. The van der Waals surface area contributed by atoms with Crippen LogP contribution in [-0.2, 0) is 0 Å². The molecule has 2 amide bonds. The maximum absolute atomic E-state index is 12.3. The van der Waals surface area contributed by atoms with Crippen LogP contribution in [0.3, 0.4) is 0 Å². The van der Waals surface area contributed by atoms with Crippen LogP contribution in [0.5, 0.6) is 0 Å². The highest BCUT2D eigenvalue weighted by Crippen LogP contribution is 2.22. The molecule has 1 aliphatic heterocycles. The van der Waals surface area contributed by atoms with E-state index in [0.29, 0.717) is 17.7 Å². The summed E-state index contributed by atoms with van der Waals surface area (Å²) >= 11 is 0. The van der Waals surface area contributed by atoms with Crippen molar-refractivity contribution in [1.82, 2.24) is 10.2 Å². The highest BCUT2D eigenvalue weighted by atomic mass is 16.2. The first kappa shape index (κ1) is 27.6. The number of unbranched alkanes of at least 4 members (excludes halogenated alkanes) is 15. The zero-order valence-electron chi connectivity index (χ0n) is 21.2. The lowest BCUT2D eigenvalue weighted by Crippen LogP contribution is -2.32. The molecule has 0 radical (unpaired) electrons. The van der Waals surface area contributed by atoms with Gasteiger partial charge >= 0.3 is 0 Å². The number of imide groups is 1. The summed E-state index contributed by atoms with van der Waals surface area (Å²) < 4.78 is 0. The lowest BCUT2D eigenvalue weighted by atomic mass is 10.0. The SMILES string of the molecule is CCCCCCCCCCCCCCCCCCNCCCN1C(=O)c2ccccc2C1=O. The van der Waals surface area contributed by atoms with E-state index >= 15 is 0 Å². The summed E-state index contributed by atoms with van der Waals surface area (Å²) in [6.45, 7) is 4.66. The van der Waals surface area contributed by atoms with Gasteiger partial charge in [0, 0.05) is 6.54 Å². The highest BCUT2D eigenvalue weighted by Gasteiger charge is 2.34. The van der Waals surface area contributed by atoms with Gasteiger partial charge in [0.1, 0.15) is 0 Å². The molecule has 0 saturated carbocycles. The second-order valence-electron chi connectivity index (χ2n) is 9.71. The minimum absolute atomic E-state index is 0.145. The molecule has 4 heteroatoms. The Labute approximate surface area is 202 Å². The van der Waals surface area contributed by atoms with Gasteiger partial charge in [-0.25, -0.2) is 0 Å². The molecule has 0 saturated heterocycles. The van der Waals surface area contributed by atoms with Crippen molar-refractivity contribution in [3.8, 4) is 0 Å². The van der Waals surface area contributed by atoms with Crippen LogP contribution in [0.2, 0.25) is 0 Å². The Hall–Kier alpha value is -1.68.